The minimum absolute atomic E-state index is 0.209. The molecule has 2 aromatic rings. The van der Waals surface area contributed by atoms with Crippen LogP contribution in [0.4, 0.5) is 10.5 Å². The number of benzene rings is 1. The van der Waals surface area contributed by atoms with E-state index in [0.29, 0.717) is 21.7 Å². The molecular weight excluding hydrogens is 410 g/mol. The SMILES string of the molecule is CC1CN(C)CCc2cc(N3C[C@H](CNC(=O)c4ccc(Cl)s4)OC3=O)ccc21. The Kier molecular flexibility index (Phi) is 5.81. The Hall–Kier alpha value is -2.09. The zero-order valence-electron chi connectivity index (χ0n) is 16.5. The molecule has 0 radical (unpaired) electrons. The van der Waals surface area contributed by atoms with Gasteiger partial charge in [0.1, 0.15) is 6.10 Å². The molecular formula is C21H24ClN3O3S. The van der Waals surface area contributed by atoms with Crippen LogP contribution in [0.15, 0.2) is 30.3 Å². The molecule has 2 aliphatic heterocycles. The highest BCUT2D eigenvalue weighted by molar-refractivity contribution is 7.17. The van der Waals surface area contributed by atoms with Crippen molar-refractivity contribution in [1.82, 2.24) is 10.2 Å². The Balaban J connectivity index is 1.41. The summed E-state index contributed by atoms with van der Waals surface area (Å²) in [6.45, 7) is 4.97. The summed E-state index contributed by atoms with van der Waals surface area (Å²) in [5.41, 5.74) is 3.49. The van der Waals surface area contributed by atoms with Crippen LogP contribution in [-0.2, 0) is 11.2 Å². The summed E-state index contributed by atoms with van der Waals surface area (Å²) in [6.07, 6.45) is 0.211. The Labute approximate surface area is 179 Å². The number of amides is 2. The smallest absolute Gasteiger partial charge is 0.414 e. The first-order valence-corrected chi connectivity index (χ1v) is 10.9. The lowest BCUT2D eigenvalue weighted by atomic mass is 9.94. The number of rotatable bonds is 4. The van der Waals surface area contributed by atoms with E-state index < -0.39 is 0 Å². The Morgan fingerprint density at radius 2 is 2.14 bits per heavy atom. The summed E-state index contributed by atoms with van der Waals surface area (Å²) in [5, 5.41) is 2.82. The molecule has 1 aromatic carbocycles. The van der Waals surface area contributed by atoms with Crippen molar-refractivity contribution < 1.29 is 14.3 Å². The van der Waals surface area contributed by atoms with E-state index in [2.05, 4.69) is 36.3 Å². The molecule has 3 heterocycles. The van der Waals surface area contributed by atoms with E-state index in [1.165, 1.54) is 22.5 Å². The second kappa shape index (κ2) is 8.34. The molecule has 1 unspecified atom stereocenters. The molecule has 6 nitrogen and oxygen atoms in total. The van der Waals surface area contributed by atoms with Crippen molar-refractivity contribution in [2.24, 2.45) is 0 Å². The molecule has 2 atom stereocenters. The van der Waals surface area contributed by atoms with Gasteiger partial charge in [-0.2, -0.15) is 0 Å². The van der Waals surface area contributed by atoms with E-state index in [-0.39, 0.29) is 24.6 Å². The Bertz CT molecular complexity index is 932. The van der Waals surface area contributed by atoms with Gasteiger partial charge in [-0.15, -0.1) is 11.3 Å². The number of nitrogens with one attached hydrogen (secondary N) is 1. The third-order valence-corrected chi connectivity index (χ3v) is 6.71. The zero-order valence-corrected chi connectivity index (χ0v) is 18.1. The first-order valence-electron chi connectivity index (χ1n) is 9.74. The van der Waals surface area contributed by atoms with Crippen LogP contribution in [0.25, 0.3) is 0 Å². The maximum Gasteiger partial charge on any atom is 0.414 e. The average molecular weight is 434 g/mol. The Morgan fingerprint density at radius 3 is 2.90 bits per heavy atom. The standard InChI is InChI=1S/C21H24ClN3O3S/c1-13-11-24(2)8-7-14-9-15(3-4-17(13)14)25-12-16(28-21(25)27)10-23-20(26)18-5-6-19(22)29-18/h3-6,9,13,16H,7-8,10-12H2,1-2H3,(H,23,26)/t13?,16-/m0/s1. The van der Waals surface area contributed by atoms with Crippen LogP contribution in [0.3, 0.4) is 0 Å². The van der Waals surface area contributed by atoms with Gasteiger partial charge in [-0.1, -0.05) is 24.6 Å². The molecule has 1 aromatic heterocycles. The van der Waals surface area contributed by atoms with E-state index in [1.807, 2.05) is 6.07 Å². The molecule has 2 aliphatic rings. The number of hydrogen-bond donors (Lipinski definition) is 1. The molecule has 0 saturated carbocycles. The number of anilines is 1. The van der Waals surface area contributed by atoms with Crippen LogP contribution in [0.2, 0.25) is 4.34 Å². The number of cyclic esters (lactones) is 1. The lowest BCUT2D eigenvalue weighted by Crippen LogP contribution is -2.34. The van der Waals surface area contributed by atoms with Crippen molar-refractivity contribution in [1.29, 1.82) is 0 Å². The summed E-state index contributed by atoms with van der Waals surface area (Å²) in [6, 6.07) is 9.62. The maximum atomic E-state index is 12.4. The summed E-state index contributed by atoms with van der Waals surface area (Å²) in [5.74, 6) is 0.255. The average Bonchev–Trinajstić information content (AvgIpc) is 3.26. The van der Waals surface area contributed by atoms with Crippen molar-refractivity contribution in [3.8, 4) is 0 Å². The van der Waals surface area contributed by atoms with Gasteiger partial charge in [0.15, 0.2) is 0 Å². The summed E-state index contributed by atoms with van der Waals surface area (Å²) >= 11 is 7.10. The second-order valence-corrected chi connectivity index (χ2v) is 9.44. The lowest BCUT2D eigenvalue weighted by molar-refractivity contribution is 0.0920. The van der Waals surface area contributed by atoms with Gasteiger partial charge in [0.25, 0.3) is 5.91 Å². The van der Waals surface area contributed by atoms with Crippen LogP contribution < -0.4 is 10.2 Å². The molecule has 4 rings (SSSR count). The molecule has 1 N–H and O–H groups in total. The van der Waals surface area contributed by atoms with Gasteiger partial charge in [-0.3, -0.25) is 9.69 Å². The van der Waals surface area contributed by atoms with E-state index in [9.17, 15) is 9.59 Å². The highest BCUT2D eigenvalue weighted by Gasteiger charge is 2.33. The number of hydrogen-bond acceptors (Lipinski definition) is 5. The minimum Gasteiger partial charge on any atom is -0.442 e. The first kappa shape index (κ1) is 20.2. The van der Waals surface area contributed by atoms with Gasteiger partial charge in [-0.25, -0.2) is 4.79 Å². The number of nitrogens with zero attached hydrogens (tertiary/aromatic N) is 2. The normalized spacial score (nSPS) is 22.2. The fourth-order valence-electron chi connectivity index (χ4n) is 3.99. The van der Waals surface area contributed by atoms with Gasteiger partial charge >= 0.3 is 6.09 Å². The molecule has 29 heavy (non-hydrogen) atoms. The van der Waals surface area contributed by atoms with Gasteiger partial charge in [0.2, 0.25) is 0 Å². The minimum atomic E-state index is -0.384. The van der Waals surface area contributed by atoms with Gasteiger partial charge < -0.3 is 15.0 Å². The zero-order chi connectivity index (χ0) is 20.5. The largest absolute Gasteiger partial charge is 0.442 e. The monoisotopic (exact) mass is 433 g/mol. The van der Waals surface area contributed by atoms with E-state index in [4.69, 9.17) is 16.3 Å². The summed E-state index contributed by atoms with van der Waals surface area (Å²) in [7, 11) is 2.14. The van der Waals surface area contributed by atoms with Crippen molar-refractivity contribution >= 4 is 40.6 Å². The predicted octanol–water partition coefficient (Wildman–Crippen LogP) is 3.75. The van der Waals surface area contributed by atoms with Crippen molar-refractivity contribution in [2.75, 3.05) is 38.1 Å². The molecule has 1 fully saturated rings. The highest BCUT2D eigenvalue weighted by atomic mass is 35.5. The number of ether oxygens (including phenoxy) is 1. The van der Waals surface area contributed by atoms with Crippen molar-refractivity contribution in [3.63, 3.8) is 0 Å². The topological polar surface area (TPSA) is 61.9 Å². The molecule has 0 aliphatic carbocycles. The quantitative estimate of drug-likeness (QED) is 0.797. The Morgan fingerprint density at radius 1 is 1.31 bits per heavy atom. The van der Waals surface area contributed by atoms with E-state index in [0.717, 1.165) is 25.2 Å². The fraction of sp³-hybridized carbons (Fsp3) is 0.429. The van der Waals surface area contributed by atoms with Crippen LogP contribution in [0.1, 0.15) is 33.6 Å². The summed E-state index contributed by atoms with van der Waals surface area (Å²) in [4.78, 5) is 29.1. The van der Waals surface area contributed by atoms with Crippen LogP contribution >= 0.6 is 22.9 Å². The number of halogens is 1. The highest BCUT2D eigenvalue weighted by Crippen LogP contribution is 2.30. The number of fused-ring (bicyclic) bond motifs is 1. The molecule has 2 amide bonds. The summed E-state index contributed by atoms with van der Waals surface area (Å²) < 4.78 is 6.04. The third kappa shape index (κ3) is 4.42. The molecule has 154 valence electrons. The molecule has 0 spiro atoms. The van der Waals surface area contributed by atoms with Gasteiger partial charge in [0, 0.05) is 18.8 Å². The number of thiophene rings is 1. The van der Waals surface area contributed by atoms with Crippen LogP contribution in [0.5, 0.6) is 0 Å². The number of likely N-dealkylation sites (N-methyl/N-ethyl adjacent to an activating group) is 1. The third-order valence-electron chi connectivity index (χ3n) is 5.48. The van der Waals surface area contributed by atoms with E-state index in [1.54, 1.807) is 17.0 Å². The van der Waals surface area contributed by atoms with Crippen LogP contribution in [-0.4, -0.2) is 56.2 Å². The second-order valence-electron chi connectivity index (χ2n) is 7.73. The van der Waals surface area contributed by atoms with Crippen molar-refractivity contribution in [3.05, 3.63) is 50.7 Å². The van der Waals surface area contributed by atoms with Gasteiger partial charge in [-0.05, 0) is 54.8 Å². The number of carbonyl (C=O) groups excluding carboxylic acids is 2. The number of carbonyl (C=O) groups is 2. The predicted molar refractivity (Wildman–Crippen MR) is 115 cm³/mol. The van der Waals surface area contributed by atoms with Crippen LogP contribution in [0, 0.1) is 0 Å². The molecule has 8 heteroatoms. The first-order chi connectivity index (χ1) is 13.9. The molecule has 1 saturated heterocycles. The van der Waals surface area contributed by atoms with Crippen molar-refractivity contribution in [2.45, 2.75) is 25.4 Å². The maximum absolute atomic E-state index is 12.4. The van der Waals surface area contributed by atoms with E-state index >= 15 is 0 Å². The lowest BCUT2D eigenvalue weighted by Gasteiger charge is -2.18. The fourth-order valence-corrected chi connectivity index (χ4v) is 4.95. The molecule has 0 bridgehead atoms. The van der Waals surface area contributed by atoms with Gasteiger partial charge in [0.05, 0.1) is 22.3 Å².